The number of carbonyl (C=O) groups is 1. The van der Waals surface area contributed by atoms with E-state index in [0.717, 1.165) is 43.7 Å². The van der Waals surface area contributed by atoms with Crippen LogP contribution < -0.4 is 5.32 Å². The Bertz CT molecular complexity index is 591. The molecular weight excluding hydrogens is 364 g/mol. The average molecular weight is 397 g/mol. The van der Waals surface area contributed by atoms with Crippen molar-refractivity contribution in [2.75, 3.05) is 19.6 Å². The van der Waals surface area contributed by atoms with E-state index in [9.17, 15) is 15.0 Å². The number of phenolic OH excluding ortho intramolecular Hbond substituents is 2. The average Bonchev–Trinajstić information content (AvgIpc) is 2.94. The summed E-state index contributed by atoms with van der Waals surface area (Å²) in [6, 6.07) is 4.59. The summed E-state index contributed by atoms with van der Waals surface area (Å²) in [5, 5.41) is 22.1. The minimum Gasteiger partial charge on any atom is -0.508 e. The fraction of sp³-hybridized carbons (Fsp3) is 0.650. The summed E-state index contributed by atoms with van der Waals surface area (Å²) in [5.41, 5.74) is 0. The molecule has 2 unspecified atom stereocenters. The quantitative estimate of drug-likeness (QED) is 0.425. The van der Waals surface area contributed by atoms with Crippen LogP contribution in [0.15, 0.2) is 23.1 Å². The molecule has 1 aromatic carbocycles. The van der Waals surface area contributed by atoms with E-state index in [-0.39, 0.29) is 23.7 Å². The second-order valence-corrected chi connectivity index (χ2v) is 8.95. The van der Waals surface area contributed by atoms with E-state index in [2.05, 4.69) is 30.4 Å². The molecule has 1 fully saturated rings. The lowest BCUT2D eigenvalue weighted by atomic mass is 10.1. The number of nitrogens with zero attached hydrogens (tertiary/aromatic N) is 1. The molecule has 2 rings (SSSR count). The van der Waals surface area contributed by atoms with Gasteiger partial charge >= 0.3 is 6.09 Å². The number of benzene rings is 1. The van der Waals surface area contributed by atoms with E-state index in [1.807, 2.05) is 0 Å². The minimum atomic E-state index is -0.324. The Balaban J connectivity index is 1.74. The number of ether oxygens (including phenoxy) is 1. The lowest BCUT2D eigenvalue weighted by Crippen LogP contribution is -2.31. The highest BCUT2D eigenvalue weighted by atomic mass is 32.2. The zero-order chi connectivity index (χ0) is 19.8. The Morgan fingerprint density at radius 1 is 1.30 bits per heavy atom. The maximum absolute atomic E-state index is 11.9. The molecule has 0 spiro atoms. The zero-order valence-corrected chi connectivity index (χ0v) is 17.3. The van der Waals surface area contributed by atoms with Crippen LogP contribution in [-0.4, -0.2) is 46.3 Å². The molecule has 1 saturated carbocycles. The van der Waals surface area contributed by atoms with E-state index in [0.29, 0.717) is 18.4 Å². The van der Waals surface area contributed by atoms with E-state index >= 15 is 0 Å². The molecular formula is C20H32N2O4S. The molecule has 152 valence electrons. The first-order valence-electron chi connectivity index (χ1n) is 9.72. The molecule has 2 atom stereocenters. The SMILES string of the molecule is CC(C)CN(CCCNC(=O)OC1CCC(C)C1)Sc1cc(O)cc(O)c1. The molecule has 1 aromatic rings. The third-order valence-electron chi connectivity index (χ3n) is 4.45. The van der Waals surface area contributed by atoms with Gasteiger partial charge in [0.15, 0.2) is 0 Å². The molecule has 0 aliphatic heterocycles. The van der Waals surface area contributed by atoms with Crippen LogP contribution in [0, 0.1) is 11.8 Å². The van der Waals surface area contributed by atoms with Crippen LogP contribution in [0.4, 0.5) is 4.79 Å². The number of aromatic hydroxyl groups is 2. The molecule has 27 heavy (non-hydrogen) atoms. The van der Waals surface area contributed by atoms with Gasteiger partial charge in [-0.1, -0.05) is 20.8 Å². The van der Waals surface area contributed by atoms with Crippen LogP contribution in [0.5, 0.6) is 11.5 Å². The van der Waals surface area contributed by atoms with Crippen molar-refractivity contribution >= 4 is 18.0 Å². The van der Waals surface area contributed by atoms with Gasteiger partial charge < -0.3 is 20.3 Å². The van der Waals surface area contributed by atoms with Gasteiger partial charge in [0.05, 0.1) is 0 Å². The fourth-order valence-electron chi connectivity index (χ4n) is 3.25. The number of hydrogen-bond donors (Lipinski definition) is 3. The number of rotatable bonds is 9. The standard InChI is InChI=1S/C20H32N2O4S/c1-14(2)13-22(27-19-11-16(23)10-17(24)12-19)8-4-7-21-20(25)26-18-6-5-15(3)9-18/h10-12,14-15,18,23-24H,4-9,13H2,1-3H3,(H,21,25). The molecule has 1 aliphatic carbocycles. The number of alkyl carbamates (subject to hydrolysis) is 1. The highest BCUT2D eigenvalue weighted by molar-refractivity contribution is 7.97. The number of carbonyl (C=O) groups excluding carboxylic acids is 1. The lowest BCUT2D eigenvalue weighted by molar-refractivity contribution is 0.0990. The Morgan fingerprint density at radius 2 is 2.00 bits per heavy atom. The molecule has 6 nitrogen and oxygen atoms in total. The van der Waals surface area contributed by atoms with Crippen LogP contribution >= 0.6 is 11.9 Å². The van der Waals surface area contributed by atoms with Gasteiger partial charge in [-0.2, -0.15) is 0 Å². The minimum absolute atomic E-state index is 0.0487. The topological polar surface area (TPSA) is 82.0 Å². The second-order valence-electron chi connectivity index (χ2n) is 7.78. The third kappa shape index (κ3) is 8.30. The highest BCUT2D eigenvalue weighted by Crippen LogP contribution is 2.30. The maximum atomic E-state index is 11.9. The van der Waals surface area contributed by atoms with Gasteiger partial charge in [0.2, 0.25) is 0 Å². The summed E-state index contributed by atoms with van der Waals surface area (Å²) >= 11 is 1.50. The van der Waals surface area contributed by atoms with Crippen molar-refractivity contribution in [2.24, 2.45) is 11.8 Å². The zero-order valence-electron chi connectivity index (χ0n) is 16.5. The van der Waals surface area contributed by atoms with Crippen molar-refractivity contribution in [2.45, 2.75) is 57.5 Å². The van der Waals surface area contributed by atoms with Crippen molar-refractivity contribution < 1.29 is 19.7 Å². The monoisotopic (exact) mass is 396 g/mol. The van der Waals surface area contributed by atoms with Gasteiger partial charge in [-0.15, -0.1) is 0 Å². The van der Waals surface area contributed by atoms with E-state index in [1.54, 1.807) is 12.1 Å². The van der Waals surface area contributed by atoms with Crippen molar-refractivity contribution in [3.63, 3.8) is 0 Å². The number of hydrogen-bond acceptors (Lipinski definition) is 6. The second kappa shape index (κ2) is 10.7. The lowest BCUT2D eigenvalue weighted by Gasteiger charge is -2.23. The Morgan fingerprint density at radius 3 is 2.59 bits per heavy atom. The molecule has 0 saturated heterocycles. The van der Waals surface area contributed by atoms with Crippen molar-refractivity contribution in [3.8, 4) is 11.5 Å². The first-order chi connectivity index (χ1) is 12.8. The molecule has 3 N–H and O–H groups in total. The van der Waals surface area contributed by atoms with Gasteiger partial charge in [-0.25, -0.2) is 9.10 Å². The van der Waals surface area contributed by atoms with E-state index in [4.69, 9.17) is 4.74 Å². The first-order valence-corrected chi connectivity index (χ1v) is 10.5. The van der Waals surface area contributed by atoms with Crippen LogP contribution in [-0.2, 0) is 4.74 Å². The molecule has 0 heterocycles. The van der Waals surface area contributed by atoms with Crippen LogP contribution in [0.3, 0.4) is 0 Å². The predicted octanol–water partition coefficient (Wildman–Crippen LogP) is 4.37. The summed E-state index contributed by atoms with van der Waals surface area (Å²) in [7, 11) is 0. The van der Waals surface area contributed by atoms with Crippen molar-refractivity contribution in [1.29, 1.82) is 0 Å². The van der Waals surface area contributed by atoms with E-state index < -0.39 is 0 Å². The van der Waals surface area contributed by atoms with Crippen LogP contribution in [0.25, 0.3) is 0 Å². The van der Waals surface area contributed by atoms with Gasteiger partial charge in [-0.3, -0.25) is 0 Å². The van der Waals surface area contributed by atoms with Crippen LogP contribution in [0.2, 0.25) is 0 Å². The van der Waals surface area contributed by atoms with Gasteiger partial charge in [-0.05, 0) is 61.6 Å². The molecule has 0 bridgehead atoms. The maximum Gasteiger partial charge on any atom is 0.407 e. The first kappa shape index (κ1) is 21.7. The molecule has 0 aromatic heterocycles. The smallest absolute Gasteiger partial charge is 0.407 e. The predicted molar refractivity (Wildman–Crippen MR) is 108 cm³/mol. The number of phenols is 2. The number of nitrogens with one attached hydrogen (secondary N) is 1. The Hall–Kier alpha value is -1.60. The van der Waals surface area contributed by atoms with Gasteiger partial charge in [0, 0.05) is 30.6 Å². The van der Waals surface area contributed by atoms with Crippen molar-refractivity contribution in [3.05, 3.63) is 18.2 Å². The summed E-state index contributed by atoms with van der Waals surface area (Å²) in [4.78, 5) is 12.7. The molecule has 0 radical (unpaired) electrons. The summed E-state index contributed by atoms with van der Waals surface area (Å²) in [6.45, 7) is 8.68. The summed E-state index contributed by atoms with van der Waals surface area (Å²) in [6.07, 6.45) is 3.58. The normalized spacial score (nSPS) is 19.6. The number of amides is 1. The van der Waals surface area contributed by atoms with Gasteiger partial charge in [0.1, 0.15) is 17.6 Å². The van der Waals surface area contributed by atoms with Crippen LogP contribution in [0.1, 0.15) is 46.5 Å². The van der Waals surface area contributed by atoms with Gasteiger partial charge in [0.25, 0.3) is 0 Å². The third-order valence-corrected chi connectivity index (χ3v) is 5.49. The van der Waals surface area contributed by atoms with Crippen molar-refractivity contribution in [1.82, 2.24) is 9.62 Å². The Kier molecular flexibility index (Phi) is 8.57. The summed E-state index contributed by atoms with van der Waals surface area (Å²) in [5.74, 6) is 1.22. The highest BCUT2D eigenvalue weighted by Gasteiger charge is 2.24. The Labute approximate surface area is 166 Å². The summed E-state index contributed by atoms with van der Waals surface area (Å²) < 4.78 is 7.64. The molecule has 1 amide bonds. The molecule has 1 aliphatic rings. The molecule has 7 heteroatoms. The largest absolute Gasteiger partial charge is 0.508 e. The van der Waals surface area contributed by atoms with E-state index in [1.165, 1.54) is 18.0 Å². The fourth-order valence-corrected chi connectivity index (χ4v) is 4.49.